The van der Waals surface area contributed by atoms with Crippen molar-refractivity contribution in [2.75, 3.05) is 0 Å². The fourth-order valence-electron chi connectivity index (χ4n) is 0.527. The molecule has 12 heavy (non-hydrogen) atoms. The Bertz CT molecular complexity index is 199. The number of rotatable bonds is 3. The third-order valence-corrected chi connectivity index (χ3v) is 1.24. The van der Waals surface area contributed by atoms with Gasteiger partial charge in [0.05, 0.1) is 0 Å². The minimum absolute atomic E-state index is 0.691. The summed E-state index contributed by atoms with van der Waals surface area (Å²) in [6, 6.07) is -1.85. The molecule has 1 atom stereocenters. The Morgan fingerprint density at radius 3 is 2.00 bits per heavy atom. The van der Waals surface area contributed by atoms with Crippen LogP contribution in [-0.4, -0.2) is 38.4 Å². The van der Waals surface area contributed by atoms with Gasteiger partial charge in [0, 0.05) is 6.92 Å². The zero-order valence-corrected chi connectivity index (χ0v) is 7.08. The van der Waals surface area contributed by atoms with E-state index in [0.717, 1.165) is 6.92 Å². The molecular formula is C5H9NO5S. The summed E-state index contributed by atoms with van der Waals surface area (Å²) in [4.78, 5) is 20.7. The molecule has 4 N–H and O–H groups in total. The van der Waals surface area contributed by atoms with Crippen molar-refractivity contribution in [3.63, 3.8) is 0 Å². The summed E-state index contributed by atoms with van der Waals surface area (Å²) in [5.74, 6) is -2.27. The normalized spacial score (nSPS) is 13.7. The Labute approximate surface area is 73.6 Å². The summed E-state index contributed by atoms with van der Waals surface area (Å²) < 4.78 is 0. The number of nitrogens with one attached hydrogen (secondary N) is 1. The zero-order valence-electron chi connectivity index (χ0n) is 6.18. The van der Waals surface area contributed by atoms with E-state index in [4.69, 9.17) is 15.3 Å². The monoisotopic (exact) mass is 195 g/mol. The lowest BCUT2D eigenvalue weighted by Gasteiger charge is -2.22. The Morgan fingerprint density at radius 2 is 1.92 bits per heavy atom. The maximum absolute atomic E-state index is 10.4. The van der Waals surface area contributed by atoms with E-state index >= 15 is 0 Å². The molecule has 0 bridgehead atoms. The summed E-state index contributed by atoms with van der Waals surface area (Å²) in [7, 11) is 0. The summed E-state index contributed by atoms with van der Waals surface area (Å²) in [6.07, 6.45) is 0. The van der Waals surface area contributed by atoms with Crippen molar-refractivity contribution < 1.29 is 24.9 Å². The molecule has 6 nitrogen and oxygen atoms in total. The van der Waals surface area contributed by atoms with E-state index in [2.05, 4.69) is 12.6 Å². The van der Waals surface area contributed by atoms with Gasteiger partial charge in [0.2, 0.25) is 11.0 Å². The smallest absolute Gasteiger partial charge is 0.332 e. The van der Waals surface area contributed by atoms with E-state index in [0.29, 0.717) is 0 Å². The lowest BCUT2D eigenvalue weighted by molar-refractivity contribution is -0.160. The van der Waals surface area contributed by atoms with Crippen LogP contribution in [0.15, 0.2) is 0 Å². The van der Waals surface area contributed by atoms with Crippen molar-refractivity contribution >= 4 is 24.5 Å². The largest absolute Gasteiger partial charge is 0.480 e. The van der Waals surface area contributed by atoms with Gasteiger partial charge >= 0.3 is 5.97 Å². The van der Waals surface area contributed by atoms with Gasteiger partial charge in [-0.3, -0.25) is 4.79 Å². The summed E-state index contributed by atoms with van der Waals surface area (Å²) in [6.45, 7) is 1.05. The second kappa shape index (κ2) is 3.74. The highest BCUT2D eigenvalue weighted by Gasteiger charge is 2.37. The van der Waals surface area contributed by atoms with Gasteiger partial charge in [-0.05, 0) is 0 Å². The van der Waals surface area contributed by atoms with Gasteiger partial charge < -0.3 is 20.6 Å². The average molecular weight is 195 g/mol. The van der Waals surface area contributed by atoms with E-state index in [1.165, 1.54) is 0 Å². The number of amides is 1. The number of aliphatic hydroxyl groups is 2. The van der Waals surface area contributed by atoms with Gasteiger partial charge in [-0.15, -0.1) is 12.6 Å². The Morgan fingerprint density at radius 1 is 1.50 bits per heavy atom. The molecule has 0 spiro atoms. The van der Waals surface area contributed by atoms with Crippen LogP contribution >= 0.6 is 12.6 Å². The molecular weight excluding hydrogens is 186 g/mol. The quantitative estimate of drug-likeness (QED) is 0.268. The molecule has 0 aromatic heterocycles. The molecule has 0 aromatic rings. The molecule has 7 heteroatoms. The SMILES string of the molecule is CC(=O)N[C@H](C(=O)O)C(O)(O)S. The van der Waals surface area contributed by atoms with Crippen LogP contribution in [0.25, 0.3) is 0 Å². The summed E-state index contributed by atoms with van der Waals surface area (Å²) >= 11 is 3.18. The van der Waals surface area contributed by atoms with Crippen LogP contribution in [0.2, 0.25) is 0 Å². The van der Waals surface area contributed by atoms with E-state index in [-0.39, 0.29) is 0 Å². The van der Waals surface area contributed by atoms with Gasteiger partial charge in [-0.1, -0.05) is 0 Å². The van der Waals surface area contributed by atoms with Gasteiger partial charge in [0.1, 0.15) is 0 Å². The first kappa shape index (κ1) is 11.2. The molecule has 0 aliphatic heterocycles. The highest BCUT2D eigenvalue weighted by atomic mass is 32.1. The fraction of sp³-hybridized carbons (Fsp3) is 0.600. The third kappa shape index (κ3) is 3.56. The van der Waals surface area contributed by atoms with Crippen molar-refractivity contribution in [3.05, 3.63) is 0 Å². The predicted octanol–water partition coefficient (Wildman–Crippen LogP) is -1.86. The Kier molecular flexibility index (Phi) is 3.50. The Balaban J connectivity index is 4.46. The number of carboxylic acids is 1. The first-order chi connectivity index (χ1) is 5.25. The first-order valence-electron chi connectivity index (χ1n) is 2.92. The van der Waals surface area contributed by atoms with Gasteiger partial charge in [-0.25, -0.2) is 4.79 Å². The molecule has 0 aliphatic carbocycles. The van der Waals surface area contributed by atoms with Gasteiger partial charge in [0.25, 0.3) is 0 Å². The van der Waals surface area contributed by atoms with Gasteiger partial charge in [-0.2, -0.15) is 0 Å². The molecule has 0 radical (unpaired) electrons. The lowest BCUT2D eigenvalue weighted by atomic mass is 10.3. The minimum Gasteiger partial charge on any atom is -0.480 e. The van der Waals surface area contributed by atoms with Crippen molar-refractivity contribution in [2.45, 2.75) is 18.1 Å². The number of thiol groups is 1. The number of carbonyl (C=O) groups is 2. The molecule has 0 aromatic carbocycles. The number of carbonyl (C=O) groups excluding carboxylic acids is 1. The summed E-state index contributed by atoms with van der Waals surface area (Å²) in [5.41, 5.74) is 0. The van der Waals surface area contributed by atoms with E-state index < -0.39 is 23.0 Å². The fourth-order valence-corrected chi connectivity index (χ4v) is 0.702. The van der Waals surface area contributed by atoms with Crippen LogP contribution in [-0.2, 0) is 9.59 Å². The highest BCUT2D eigenvalue weighted by molar-refractivity contribution is 7.81. The molecule has 0 saturated carbocycles. The standard InChI is InChI=1S/C5H9NO5S/c1-2(7)6-3(4(8)9)5(10,11)12/h3,10-12H,1H3,(H,6,7)(H,8,9)/t3-/m1/s1. The molecule has 0 rings (SSSR count). The lowest BCUT2D eigenvalue weighted by Crippen LogP contribution is -2.53. The number of carboxylic acid groups (broad SMARTS) is 1. The van der Waals surface area contributed by atoms with Crippen LogP contribution in [0, 0.1) is 0 Å². The molecule has 70 valence electrons. The summed E-state index contributed by atoms with van der Waals surface area (Å²) in [5, 5.41) is 24.9. The van der Waals surface area contributed by atoms with Gasteiger partial charge in [0.15, 0.2) is 6.04 Å². The maximum atomic E-state index is 10.4. The molecule has 0 heterocycles. The van der Waals surface area contributed by atoms with Crippen molar-refractivity contribution in [2.24, 2.45) is 0 Å². The van der Waals surface area contributed by atoms with Crippen LogP contribution in [0.3, 0.4) is 0 Å². The average Bonchev–Trinajstić information content (AvgIpc) is 1.79. The van der Waals surface area contributed by atoms with Crippen LogP contribution in [0.5, 0.6) is 0 Å². The number of hydrogen-bond acceptors (Lipinski definition) is 5. The molecule has 0 unspecified atom stereocenters. The van der Waals surface area contributed by atoms with E-state index in [1.54, 1.807) is 5.32 Å². The third-order valence-electron chi connectivity index (χ3n) is 0.982. The zero-order chi connectivity index (χ0) is 9.94. The topological polar surface area (TPSA) is 107 Å². The molecule has 0 aliphatic rings. The van der Waals surface area contributed by atoms with E-state index in [9.17, 15) is 9.59 Å². The van der Waals surface area contributed by atoms with Crippen molar-refractivity contribution in [3.8, 4) is 0 Å². The number of hydrogen-bond donors (Lipinski definition) is 5. The van der Waals surface area contributed by atoms with Crippen molar-refractivity contribution in [1.82, 2.24) is 5.32 Å². The van der Waals surface area contributed by atoms with E-state index in [1.807, 2.05) is 0 Å². The van der Waals surface area contributed by atoms with Crippen molar-refractivity contribution in [1.29, 1.82) is 0 Å². The minimum atomic E-state index is -2.77. The molecule has 0 saturated heterocycles. The molecule has 0 fully saturated rings. The van der Waals surface area contributed by atoms with Crippen LogP contribution < -0.4 is 5.32 Å². The second-order valence-corrected chi connectivity index (χ2v) is 2.82. The second-order valence-electron chi connectivity index (χ2n) is 2.16. The first-order valence-corrected chi connectivity index (χ1v) is 3.37. The van der Waals surface area contributed by atoms with Crippen LogP contribution in [0.4, 0.5) is 0 Å². The maximum Gasteiger partial charge on any atom is 0.332 e. The number of aliphatic carboxylic acids is 1. The van der Waals surface area contributed by atoms with Crippen LogP contribution in [0.1, 0.15) is 6.92 Å². The molecule has 1 amide bonds. The Hall–Kier alpha value is -0.790. The highest BCUT2D eigenvalue weighted by Crippen LogP contribution is 2.11. The predicted molar refractivity (Wildman–Crippen MR) is 41.4 cm³/mol.